The van der Waals surface area contributed by atoms with Gasteiger partial charge in [-0.2, -0.15) is 0 Å². The van der Waals surface area contributed by atoms with Crippen LogP contribution < -0.4 is 11.2 Å². The molecule has 0 bridgehead atoms. The van der Waals surface area contributed by atoms with Gasteiger partial charge < -0.3 is 9.47 Å². The second kappa shape index (κ2) is 7.25. The van der Waals surface area contributed by atoms with Crippen LogP contribution in [0.2, 0.25) is 0 Å². The number of benzene rings is 1. The number of aromatic amines is 1. The molecule has 3 atom stereocenters. The van der Waals surface area contributed by atoms with Crippen molar-refractivity contribution >= 4 is 5.97 Å². The zero-order valence-corrected chi connectivity index (χ0v) is 14.4. The smallest absolute Gasteiger partial charge is 0.338 e. The largest absolute Gasteiger partial charge is 0.459 e. The van der Waals surface area contributed by atoms with Crippen LogP contribution in [0.1, 0.15) is 34.1 Å². The van der Waals surface area contributed by atoms with E-state index in [4.69, 9.17) is 9.47 Å². The highest BCUT2D eigenvalue weighted by Gasteiger charge is 2.37. The standard InChI is InChI=1S/C18H19FN2O5/c1-10-3-5-12(6-4-10)17(23)25-9-14-13(19)7-15(26-14)21-8-11(2)16(22)20-18(21)24/h3-6,8,13-15H,7,9H2,1-2H3,(H,20,22,24)/t13-,14-,15-/m1/s1. The van der Waals surface area contributed by atoms with Gasteiger partial charge in [-0.3, -0.25) is 14.3 Å². The fraction of sp³-hybridized carbons (Fsp3) is 0.389. The van der Waals surface area contributed by atoms with Crippen molar-refractivity contribution in [3.8, 4) is 0 Å². The van der Waals surface area contributed by atoms with Gasteiger partial charge in [-0.05, 0) is 26.0 Å². The van der Waals surface area contributed by atoms with E-state index < -0.39 is 35.7 Å². The second-order valence-electron chi connectivity index (χ2n) is 6.32. The fourth-order valence-electron chi connectivity index (χ4n) is 2.74. The number of hydrogen-bond donors (Lipinski definition) is 1. The summed E-state index contributed by atoms with van der Waals surface area (Å²) in [7, 11) is 0. The van der Waals surface area contributed by atoms with Crippen LogP contribution in [0.3, 0.4) is 0 Å². The van der Waals surface area contributed by atoms with E-state index in [0.717, 1.165) is 10.1 Å². The van der Waals surface area contributed by atoms with Crippen LogP contribution in [-0.4, -0.2) is 34.4 Å². The summed E-state index contributed by atoms with van der Waals surface area (Å²) in [4.78, 5) is 37.5. The van der Waals surface area contributed by atoms with Crippen LogP contribution >= 0.6 is 0 Å². The predicted molar refractivity (Wildman–Crippen MR) is 90.9 cm³/mol. The summed E-state index contributed by atoms with van der Waals surface area (Å²) in [5, 5.41) is 0. The molecule has 1 saturated heterocycles. The average molecular weight is 362 g/mol. The number of nitrogens with zero attached hydrogens (tertiary/aromatic N) is 1. The molecule has 0 amide bonds. The van der Waals surface area contributed by atoms with Crippen molar-refractivity contribution in [2.75, 3.05) is 6.61 Å². The highest BCUT2D eigenvalue weighted by molar-refractivity contribution is 5.89. The number of carbonyl (C=O) groups excluding carboxylic acids is 1. The monoisotopic (exact) mass is 362 g/mol. The lowest BCUT2D eigenvalue weighted by molar-refractivity contribution is -0.0440. The fourth-order valence-corrected chi connectivity index (χ4v) is 2.74. The number of aryl methyl sites for hydroxylation is 2. The molecule has 138 valence electrons. The molecule has 1 aromatic carbocycles. The molecule has 1 N–H and O–H groups in total. The van der Waals surface area contributed by atoms with E-state index in [9.17, 15) is 18.8 Å². The number of carbonyl (C=O) groups is 1. The Morgan fingerprint density at radius 1 is 1.31 bits per heavy atom. The third-order valence-electron chi connectivity index (χ3n) is 4.28. The number of aromatic nitrogens is 2. The first-order valence-electron chi connectivity index (χ1n) is 8.20. The number of nitrogens with one attached hydrogen (secondary N) is 1. The maximum Gasteiger partial charge on any atom is 0.338 e. The Labute approximate surface area is 148 Å². The minimum absolute atomic E-state index is 0.0713. The Balaban J connectivity index is 1.65. The Morgan fingerprint density at radius 3 is 2.69 bits per heavy atom. The van der Waals surface area contributed by atoms with Crippen molar-refractivity contribution < 1.29 is 18.7 Å². The van der Waals surface area contributed by atoms with Crippen LogP contribution in [0.4, 0.5) is 4.39 Å². The van der Waals surface area contributed by atoms with E-state index in [0.29, 0.717) is 11.1 Å². The molecular formula is C18H19FN2O5. The Bertz CT molecular complexity index is 918. The van der Waals surface area contributed by atoms with Crippen molar-refractivity contribution in [3.63, 3.8) is 0 Å². The molecule has 3 rings (SSSR count). The summed E-state index contributed by atoms with van der Waals surface area (Å²) in [6.07, 6.45) is -1.98. The Morgan fingerprint density at radius 2 is 2.00 bits per heavy atom. The molecule has 1 fully saturated rings. The molecule has 0 saturated carbocycles. The normalized spacial score (nSPS) is 22.3. The molecule has 1 aliphatic heterocycles. The zero-order valence-electron chi connectivity index (χ0n) is 14.4. The highest BCUT2D eigenvalue weighted by atomic mass is 19.1. The number of ether oxygens (including phenoxy) is 2. The van der Waals surface area contributed by atoms with E-state index in [2.05, 4.69) is 4.98 Å². The molecule has 0 spiro atoms. The van der Waals surface area contributed by atoms with Crippen LogP contribution in [-0.2, 0) is 9.47 Å². The summed E-state index contributed by atoms with van der Waals surface area (Å²) in [5.74, 6) is -0.568. The lowest BCUT2D eigenvalue weighted by Gasteiger charge is -2.16. The molecular weight excluding hydrogens is 343 g/mol. The van der Waals surface area contributed by atoms with E-state index in [1.165, 1.54) is 13.1 Å². The van der Waals surface area contributed by atoms with Gasteiger partial charge in [-0.1, -0.05) is 17.7 Å². The van der Waals surface area contributed by atoms with Gasteiger partial charge in [-0.25, -0.2) is 14.0 Å². The third kappa shape index (κ3) is 3.75. The van der Waals surface area contributed by atoms with Crippen LogP contribution in [0.5, 0.6) is 0 Å². The van der Waals surface area contributed by atoms with Gasteiger partial charge in [0.25, 0.3) is 5.56 Å². The minimum Gasteiger partial charge on any atom is -0.459 e. The van der Waals surface area contributed by atoms with Crippen molar-refractivity contribution in [1.29, 1.82) is 0 Å². The number of halogens is 1. The number of alkyl halides is 1. The van der Waals surface area contributed by atoms with E-state index in [1.54, 1.807) is 24.3 Å². The van der Waals surface area contributed by atoms with Crippen molar-refractivity contribution in [2.45, 2.75) is 38.8 Å². The summed E-state index contributed by atoms with van der Waals surface area (Å²) < 4.78 is 26.0. The average Bonchev–Trinajstić information content (AvgIpc) is 2.97. The lowest BCUT2D eigenvalue weighted by Crippen LogP contribution is -2.33. The van der Waals surface area contributed by atoms with E-state index in [-0.39, 0.29) is 13.0 Å². The van der Waals surface area contributed by atoms with Gasteiger partial charge in [-0.15, -0.1) is 0 Å². The summed E-state index contributed by atoms with van der Waals surface area (Å²) >= 11 is 0. The first-order valence-corrected chi connectivity index (χ1v) is 8.20. The molecule has 2 heterocycles. The van der Waals surface area contributed by atoms with Crippen LogP contribution in [0.15, 0.2) is 40.1 Å². The quantitative estimate of drug-likeness (QED) is 0.835. The second-order valence-corrected chi connectivity index (χ2v) is 6.32. The first kappa shape index (κ1) is 18.1. The van der Waals surface area contributed by atoms with Gasteiger partial charge in [0.15, 0.2) is 0 Å². The zero-order chi connectivity index (χ0) is 18.8. The number of esters is 1. The molecule has 0 unspecified atom stereocenters. The van der Waals surface area contributed by atoms with Crippen molar-refractivity contribution in [3.05, 3.63) is 68.0 Å². The first-order chi connectivity index (χ1) is 12.3. The lowest BCUT2D eigenvalue weighted by atomic mass is 10.1. The SMILES string of the molecule is Cc1ccc(C(=O)OC[C@H]2O[C@@H](n3cc(C)c(=O)[nH]c3=O)C[C@H]2F)cc1. The van der Waals surface area contributed by atoms with Gasteiger partial charge in [0.2, 0.25) is 0 Å². The highest BCUT2D eigenvalue weighted by Crippen LogP contribution is 2.30. The maximum atomic E-state index is 14.2. The topological polar surface area (TPSA) is 90.4 Å². The van der Waals surface area contributed by atoms with Crippen LogP contribution in [0.25, 0.3) is 0 Å². The summed E-state index contributed by atoms with van der Waals surface area (Å²) in [6, 6.07) is 6.82. The molecule has 8 heteroatoms. The third-order valence-corrected chi connectivity index (χ3v) is 4.28. The molecule has 2 aromatic rings. The Kier molecular flexibility index (Phi) is 5.03. The van der Waals surface area contributed by atoms with Gasteiger partial charge in [0.1, 0.15) is 25.1 Å². The predicted octanol–water partition coefficient (Wildman–Crippen LogP) is 1.64. The maximum absolute atomic E-state index is 14.2. The summed E-state index contributed by atoms with van der Waals surface area (Å²) in [5.41, 5.74) is 0.527. The van der Waals surface area contributed by atoms with Crippen molar-refractivity contribution in [2.24, 2.45) is 0 Å². The van der Waals surface area contributed by atoms with Crippen LogP contribution in [0, 0.1) is 13.8 Å². The molecule has 7 nitrogen and oxygen atoms in total. The Hall–Kier alpha value is -2.74. The minimum atomic E-state index is -1.40. The number of rotatable bonds is 4. The number of hydrogen-bond acceptors (Lipinski definition) is 5. The summed E-state index contributed by atoms with van der Waals surface area (Å²) in [6.45, 7) is 3.18. The van der Waals surface area contributed by atoms with Gasteiger partial charge in [0.05, 0.1) is 5.56 Å². The molecule has 26 heavy (non-hydrogen) atoms. The van der Waals surface area contributed by atoms with E-state index in [1.807, 2.05) is 6.92 Å². The molecule has 0 aliphatic carbocycles. The van der Waals surface area contributed by atoms with E-state index >= 15 is 0 Å². The van der Waals surface area contributed by atoms with Gasteiger partial charge in [0, 0.05) is 18.2 Å². The molecule has 0 radical (unpaired) electrons. The van der Waals surface area contributed by atoms with Gasteiger partial charge >= 0.3 is 11.7 Å². The molecule has 1 aromatic heterocycles. The molecule has 1 aliphatic rings. The van der Waals surface area contributed by atoms with Crippen molar-refractivity contribution in [1.82, 2.24) is 9.55 Å². The number of H-pyrrole nitrogens is 1.